The quantitative estimate of drug-likeness (QED) is 0.274. The Balaban J connectivity index is 1.85. The van der Waals surface area contributed by atoms with Gasteiger partial charge in [-0.1, -0.05) is 59.9 Å². The van der Waals surface area contributed by atoms with Gasteiger partial charge >= 0.3 is 5.97 Å². The van der Waals surface area contributed by atoms with E-state index in [9.17, 15) is 9.59 Å². The third-order valence-corrected chi connectivity index (χ3v) is 7.79. The topological polar surface area (TPSA) is 97.6 Å². The van der Waals surface area contributed by atoms with Crippen LogP contribution in [0, 0.1) is 0 Å². The molecule has 0 bridgehead atoms. The number of nitrogens with zero attached hydrogens (tertiary/aromatic N) is 2. The Morgan fingerprint density at radius 2 is 1.64 bits per heavy atom. The SMILES string of the molecule is CCOC(=O)C1=C(c2ccccc2)N=c2s/c(=C/c3ccc(OC)c(OC)c3)c(=O)n2C1c1cccc(OC)c1OC. The molecule has 1 atom stereocenters. The number of carbonyl (C=O) groups excluding carboxylic acids is 1. The van der Waals surface area contributed by atoms with Crippen molar-refractivity contribution in [3.8, 4) is 23.0 Å². The molecule has 9 nitrogen and oxygen atoms in total. The first-order valence-corrected chi connectivity index (χ1v) is 14.0. The predicted molar refractivity (Wildman–Crippen MR) is 160 cm³/mol. The zero-order valence-corrected chi connectivity index (χ0v) is 24.7. The summed E-state index contributed by atoms with van der Waals surface area (Å²) in [6.45, 7) is 1.89. The van der Waals surface area contributed by atoms with Gasteiger partial charge in [-0.2, -0.15) is 0 Å². The molecule has 1 aliphatic rings. The molecule has 0 radical (unpaired) electrons. The Bertz CT molecular complexity index is 1840. The predicted octanol–water partition coefficient (Wildman–Crippen LogP) is 3.97. The number of fused-ring (bicyclic) bond motifs is 1. The standard InChI is InChI=1S/C32H30N2O7S/c1-6-41-31(36)26-27(20-11-8-7-9-12-20)33-32-34(28(26)21-13-10-14-23(38-3)29(21)40-5)30(35)25(42-32)18-19-15-16-22(37-2)24(17-19)39-4/h7-18,28H,6H2,1-5H3/b25-18+. The summed E-state index contributed by atoms with van der Waals surface area (Å²) in [4.78, 5) is 33.2. The van der Waals surface area contributed by atoms with E-state index in [0.29, 0.717) is 49.2 Å². The van der Waals surface area contributed by atoms with E-state index in [2.05, 4.69) is 0 Å². The summed E-state index contributed by atoms with van der Waals surface area (Å²) in [5.74, 6) is 1.39. The lowest BCUT2D eigenvalue weighted by Crippen LogP contribution is -2.40. The summed E-state index contributed by atoms with van der Waals surface area (Å²) in [5, 5.41) is 0. The van der Waals surface area contributed by atoms with E-state index in [0.717, 1.165) is 5.56 Å². The molecule has 0 amide bonds. The van der Waals surface area contributed by atoms with Crippen molar-refractivity contribution in [1.29, 1.82) is 0 Å². The smallest absolute Gasteiger partial charge is 0.338 e. The van der Waals surface area contributed by atoms with Crippen LogP contribution >= 0.6 is 11.3 Å². The van der Waals surface area contributed by atoms with Gasteiger partial charge in [-0.3, -0.25) is 9.36 Å². The number of esters is 1. The highest BCUT2D eigenvalue weighted by atomic mass is 32.1. The molecular weight excluding hydrogens is 556 g/mol. The fraction of sp³-hybridized carbons (Fsp3) is 0.219. The van der Waals surface area contributed by atoms with E-state index < -0.39 is 12.0 Å². The number of methoxy groups -OCH3 is 4. The lowest BCUT2D eigenvalue weighted by molar-refractivity contribution is -0.138. The van der Waals surface area contributed by atoms with Crippen LogP contribution in [-0.2, 0) is 9.53 Å². The van der Waals surface area contributed by atoms with Gasteiger partial charge in [-0.25, -0.2) is 9.79 Å². The van der Waals surface area contributed by atoms with Crippen LogP contribution in [0.25, 0.3) is 11.8 Å². The van der Waals surface area contributed by atoms with E-state index in [4.69, 9.17) is 28.7 Å². The monoisotopic (exact) mass is 586 g/mol. The van der Waals surface area contributed by atoms with E-state index in [-0.39, 0.29) is 17.7 Å². The summed E-state index contributed by atoms with van der Waals surface area (Å²) < 4.78 is 29.6. The second-order valence-corrected chi connectivity index (χ2v) is 10.1. The van der Waals surface area contributed by atoms with Crippen molar-refractivity contribution in [1.82, 2.24) is 4.57 Å². The van der Waals surface area contributed by atoms with Gasteiger partial charge in [0.15, 0.2) is 27.8 Å². The largest absolute Gasteiger partial charge is 0.493 e. The number of hydrogen-bond donors (Lipinski definition) is 0. The van der Waals surface area contributed by atoms with Gasteiger partial charge in [0.25, 0.3) is 5.56 Å². The Kier molecular flexibility index (Phi) is 8.44. The third-order valence-electron chi connectivity index (χ3n) is 6.81. The normalized spacial score (nSPS) is 14.6. The van der Waals surface area contributed by atoms with Gasteiger partial charge in [0.05, 0.1) is 50.8 Å². The van der Waals surface area contributed by atoms with Crippen molar-refractivity contribution < 1.29 is 28.5 Å². The molecule has 0 saturated carbocycles. The fourth-order valence-corrected chi connectivity index (χ4v) is 5.96. The number of thiazole rings is 1. The van der Waals surface area contributed by atoms with Crippen LogP contribution in [-0.4, -0.2) is 45.6 Å². The maximum Gasteiger partial charge on any atom is 0.338 e. The van der Waals surface area contributed by atoms with Crippen molar-refractivity contribution in [2.75, 3.05) is 35.0 Å². The molecule has 2 heterocycles. The number of aromatic nitrogens is 1. The molecule has 3 aromatic carbocycles. The number of benzene rings is 3. The zero-order chi connectivity index (χ0) is 29.8. The Labute approximate surface area is 246 Å². The molecule has 1 unspecified atom stereocenters. The van der Waals surface area contributed by atoms with Crippen LogP contribution in [0.4, 0.5) is 0 Å². The van der Waals surface area contributed by atoms with Crippen LogP contribution in [0.3, 0.4) is 0 Å². The maximum absolute atomic E-state index is 14.2. The van der Waals surface area contributed by atoms with Gasteiger partial charge in [-0.05, 0) is 36.8 Å². The second kappa shape index (κ2) is 12.4. The molecule has 10 heteroatoms. The molecule has 4 aromatic rings. The fourth-order valence-electron chi connectivity index (χ4n) is 4.96. The number of hydrogen-bond acceptors (Lipinski definition) is 9. The molecule has 0 aliphatic carbocycles. The Hall–Kier alpha value is -4.83. The molecule has 216 valence electrons. The summed E-state index contributed by atoms with van der Waals surface area (Å²) in [6.07, 6.45) is 1.77. The lowest BCUT2D eigenvalue weighted by Gasteiger charge is -2.27. The highest BCUT2D eigenvalue weighted by molar-refractivity contribution is 7.07. The Morgan fingerprint density at radius 1 is 0.905 bits per heavy atom. The molecule has 42 heavy (non-hydrogen) atoms. The van der Waals surface area contributed by atoms with E-state index in [1.165, 1.54) is 30.1 Å². The maximum atomic E-state index is 14.2. The van der Waals surface area contributed by atoms with Gasteiger partial charge in [-0.15, -0.1) is 0 Å². The van der Waals surface area contributed by atoms with E-state index >= 15 is 0 Å². The third kappa shape index (κ3) is 5.16. The lowest BCUT2D eigenvalue weighted by atomic mass is 9.92. The van der Waals surface area contributed by atoms with E-state index in [1.807, 2.05) is 42.5 Å². The van der Waals surface area contributed by atoms with Crippen LogP contribution in [0.2, 0.25) is 0 Å². The number of para-hydroxylation sites is 1. The highest BCUT2D eigenvalue weighted by Gasteiger charge is 2.37. The number of rotatable bonds is 9. The average molecular weight is 587 g/mol. The van der Waals surface area contributed by atoms with Gasteiger partial charge in [0, 0.05) is 11.1 Å². The van der Waals surface area contributed by atoms with Crippen molar-refractivity contribution in [3.63, 3.8) is 0 Å². The molecule has 1 aromatic heterocycles. The zero-order valence-electron chi connectivity index (χ0n) is 23.9. The average Bonchev–Trinajstić information content (AvgIpc) is 3.34. The van der Waals surface area contributed by atoms with Gasteiger partial charge in [0.2, 0.25) is 0 Å². The number of carbonyl (C=O) groups is 1. The summed E-state index contributed by atoms with van der Waals surface area (Å²) in [6, 6.07) is 19.2. The van der Waals surface area contributed by atoms with Crippen molar-refractivity contribution in [2.45, 2.75) is 13.0 Å². The Morgan fingerprint density at radius 3 is 2.31 bits per heavy atom. The van der Waals surface area contributed by atoms with Crippen LogP contribution in [0.1, 0.15) is 29.7 Å². The molecule has 0 fully saturated rings. The minimum atomic E-state index is -0.909. The molecule has 0 spiro atoms. The minimum Gasteiger partial charge on any atom is -0.493 e. The first-order chi connectivity index (χ1) is 20.4. The molecule has 1 aliphatic heterocycles. The van der Waals surface area contributed by atoms with Crippen LogP contribution in [0.15, 0.2) is 82.1 Å². The molecule has 0 saturated heterocycles. The van der Waals surface area contributed by atoms with Crippen molar-refractivity contribution >= 4 is 29.1 Å². The second-order valence-electron chi connectivity index (χ2n) is 9.13. The van der Waals surface area contributed by atoms with Gasteiger partial charge < -0.3 is 23.7 Å². The minimum absolute atomic E-state index is 0.149. The molecule has 0 N–H and O–H groups in total. The van der Waals surface area contributed by atoms with Crippen LogP contribution in [0.5, 0.6) is 23.0 Å². The van der Waals surface area contributed by atoms with Crippen molar-refractivity contribution in [3.05, 3.63) is 109 Å². The number of ether oxygens (including phenoxy) is 5. The summed E-state index contributed by atoms with van der Waals surface area (Å²) in [5.41, 5.74) is 2.33. The van der Waals surface area contributed by atoms with Crippen LogP contribution < -0.4 is 33.8 Å². The summed E-state index contributed by atoms with van der Waals surface area (Å²) in [7, 11) is 6.18. The first kappa shape index (κ1) is 28.7. The highest BCUT2D eigenvalue weighted by Crippen LogP contribution is 2.42. The van der Waals surface area contributed by atoms with Crippen molar-refractivity contribution in [2.24, 2.45) is 4.99 Å². The van der Waals surface area contributed by atoms with E-state index in [1.54, 1.807) is 51.5 Å². The van der Waals surface area contributed by atoms with Gasteiger partial charge in [0.1, 0.15) is 6.04 Å². The summed E-state index contributed by atoms with van der Waals surface area (Å²) >= 11 is 1.23. The molecule has 5 rings (SSSR count). The molecular formula is C32H30N2O7S. The first-order valence-electron chi connectivity index (χ1n) is 13.2.